The Bertz CT molecular complexity index is 1200. The van der Waals surface area contributed by atoms with E-state index < -0.39 is 5.54 Å². The minimum atomic E-state index is -0.618. The molecule has 1 amide bonds. The highest BCUT2D eigenvalue weighted by Gasteiger charge is 2.39. The third-order valence-electron chi connectivity index (χ3n) is 5.85. The van der Waals surface area contributed by atoms with Gasteiger partial charge in [-0.15, -0.1) is 11.3 Å². The van der Waals surface area contributed by atoms with Gasteiger partial charge in [0.1, 0.15) is 16.2 Å². The molecule has 1 aliphatic rings. The summed E-state index contributed by atoms with van der Waals surface area (Å²) in [5, 5.41) is 14.3. The van der Waals surface area contributed by atoms with Crippen LogP contribution in [0, 0.1) is 6.92 Å². The second kappa shape index (κ2) is 8.66. The van der Waals surface area contributed by atoms with Crippen molar-refractivity contribution in [3.8, 4) is 16.3 Å². The zero-order chi connectivity index (χ0) is 22.0. The van der Waals surface area contributed by atoms with E-state index in [1.54, 1.807) is 23.2 Å². The average molecular weight is 449 g/mol. The van der Waals surface area contributed by atoms with E-state index in [9.17, 15) is 4.79 Å². The third-order valence-corrected chi connectivity index (χ3v) is 6.74. The number of hydrogen-bond acceptors (Lipinski definition) is 7. The number of para-hydroxylation sites is 1. The molecule has 1 saturated carbocycles. The highest BCUT2D eigenvalue weighted by molar-refractivity contribution is 7.13. The van der Waals surface area contributed by atoms with Crippen LogP contribution in [0.4, 0.5) is 0 Å². The summed E-state index contributed by atoms with van der Waals surface area (Å²) in [6.07, 6.45) is 9.56. The summed E-state index contributed by atoms with van der Waals surface area (Å²) in [5.41, 5.74) is 1.61. The van der Waals surface area contributed by atoms with Gasteiger partial charge in [0.25, 0.3) is 5.91 Å². The van der Waals surface area contributed by atoms with E-state index in [0.717, 1.165) is 54.8 Å². The number of aromatic nitrogens is 5. The monoisotopic (exact) mass is 448 g/mol. The predicted octanol–water partition coefficient (Wildman–Crippen LogP) is 4.67. The molecule has 32 heavy (non-hydrogen) atoms. The number of aryl methyl sites for hydroxylation is 1. The Morgan fingerprint density at radius 1 is 1.12 bits per heavy atom. The molecular weight excluding hydrogens is 424 g/mol. The van der Waals surface area contributed by atoms with Crippen molar-refractivity contribution < 1.29 is 9.32 Å². The Labute approximate surface area is 189 Å². The molecule has 4 aromatic rings. The van der Waals surface area contributed by atoms with E-state index >= 15 is 0 Å². The Morgan fingerprint density at radius 2 is 1.91 bits per heavy atom. The number of nitrogens with zero attached hydrogens (tertiary/aromatic N) is 5. The van der Waals surface area contributed by atoms with Crippen molar-refractivity contribution in [3.63, 3.8) is 0 Å². The number of amides is 1. The molecule has 5 rings (SSSR count). The van der Waals surface area contributed by atoms with Crippen molar-refractivity contribution in [3.05, 3.63) is 65.5 Å². The maximum absolute atomic E-state index is 13.2. The first-order valence-corrected chi connectivity index (χ1v) is 11.7. The first-order valence-electron chi connectivity index (χ1n) is 10.8. The predicted molar refractivity (Wildman–Crippen MR) is 121 cm³/mol. The maximum Gasteiger partial charge on any atom is 0.271 e. The molecule has 0 spiro atoms. The second-order valence-corrected chi connectivity index (χ2v) is 8.99. The third kappa shape index (κ3) is 4.08. The highest BCUT2D eigenvalue weighted by atomic mass is 32.1. The number of nitrogens with one attached hydrogen (secondary N) is 1. The minimum Gasteiger partial charge on any atom is -0.340 e. The molecule has 1 fully saturated rings. The molecule has 0 unspecified atom stereocenters. The van der Waals surface area contributed by atoms with Gasteiger partial charge in [-0.1, -0.05) is 49.0 Å². The zero-order valence-corrected chi connectivity index (χ0v) is 18.6. The van der Waals surface area contributed by atoms with Gasteiger partial charge < -0.3 is 9.84 Å². The number of carbonyl (C=O) groups excluding carboxylic acids is 1. The van der Waals surface area contributed by atoms with Gasteiger partial charge in [0.15, 0.2) is 5.82 Å². The standard InChI is InChI=1S/C23H24N6O2S/c1-16-25-22(28-31-16)23(11-7-2-3-8-12-23)27-20(30)19-15-32-21(26-19)17-13-24-29(14-17)18-9-5-4-6-10-18/h4-6,9-10,13-15H,2-3,7-8,11-12H2,1H3,(H,27,30). The number of thiazole rings is 1. The van der Waals surface area contributed by atoms with Crippen LogP contribution in [0.2, 0.25) is 0 Å². The molecule has 0 atom stereocenters. The normalized spacial score (nSPS) is 15.9. The van der Waals surface area contributed by atoms with Crippen molar-refractivity contribution >= 4 is 17.2 Å². The lowest BCUT2D eigenvalue weighted by atomic mass is 9.89. The topological polar surface area (TPSA) is 98.7 Å². The van der Waals surface area contributed by atoms with Gasteiger partial charge >= 0.3 is 0 Å². The number of benzene rings is 1. The molecule has 0 aliphatic heterocycles. The largest absolute Gasteiger partial charge is 0.340 e. The molecule has 3 heterocycles. The van der Waals surface area contributed by atoms with Crippen LogP contribution in [0.1, 0.15) is 60.7 Å². The molecule has 1 aliphatic carbocycles. The number of rotatable bonds is 5. The minimum absolute atomic E-state index is 0.215. The van der Waals surface area contributed by atoms with Crippen LogP contribution in [0.5, 0.6) is 0 Å². The number of hydrogen-bond donors (Lipinski definition) is 1. The van der Waals surface area contributed by atoms with Crippen LogP contribution >= 0.6 is 11.3 Å². The smallest absolute Gasteiger partial charge is 0.271 e. The summed E-state index contributed by atoms with van der Waals surface area (Å²) in [5.74, 6) is 0.849. The van der Waals surface area contributed by atoms with Crippen LogP contribution in [-0.2, 0) is 5.54 Å². The van der Waals surface area contributed by atoms with Gasteiger partial charge in [0.05, 0.1) is 11.9 Å². The zero-order valence-electron chi connectivity index (χ0n) is 17.8. The fourth-order valence-electron chi connectivity index (χ4n) is 4.18. The molecule has 3 aromatic heterocycles. The van der Waals surface area contributed by atoms with E-state index in [4.69, 9.17) is 4.52 Å². The van der Waals surface area contributed by atoms with Crippen molar-refractivity contribution in [2.45, 2.75) is 51.0 Å². The maximum atomic E-state index is 13.2. The van der Waals surface area contributed by atoms with Crippen LogP contribution in [0.3, 0.4) is 0 Å². The van der Waals surface area contributed by atoms with Crippen molar-refractivity contribution in [2.24, 2.45) is 0 Å². The lowest BCUT2D eigenvalue weighted by molar-refractivity contribution is 0.0872. The molecule has 164 valence electrons. The SMILES string of the molecule is Cc1nc(C2(NC(=O)c3csc(-c4cnn(-c5ccccc5)c4)n3)CCCCCC2)no1. The Kier molecular flexibility index (Phi) is 5.57. The summed E-state index contributed by atoms with van der Waals surface area (Å²) >= 11 is 1.43. The van der Waals surface area contributed by atoms with Crippen molar-refractivity contribution in [1.29, 1.82) is 0 Å². The van der Waals surface area contributed by atoms with E-state index in [-0.39, 0.29) is 5.91 Å². The van der Waals surface area contributed by atoms with Gasteiger partial charge in [0.2, 0.25) is 5.89 Å². The van der Waals surface area contributed by atoms with E-state index in [0.29, 0.717) is 17.4 Å². The van der Waals surface area contributed by atoms with Crippen molar-refractivity contribution in [2.75, 3.05) is 0 Å². The summed E-state index contributed by atoms with van der Waals surface area (Å²) in [6.45, 7) is 1.77. The van der Waals surface area contributed by atoms with Gasteiger partial charge in [-0.3, -0.25) is 4.79 Å². The Morgan fingerprint density at radius 3 is 2.62 bits per heavy atom. The van der Waals surface area contributed by atoms with Crippen LogP contribution in [-0.4, -0.2) is 30.8 Å². The first-order chi connectivity index (χ1) is 15.6. The molecule has 0 radical (unpaired) electrons. The summed E-state index contributed by atoms with van der Waals surface area (Å²) in [4.78, 5) is 22.3. The van der Waals surface area contributed by atoms with E-state index in [2.05, 4.69) is 25.5 Å². The van der Waals surface area contributed by atoms with Crippen LogP contribution in [0.15, 0.2) is 52.6 Å². The average Bonchev–Trinajstić information content (AvgIpc) is 3.54. The number of carbonyl (C=O) groups is 1. The second-order valence-electron chi connectivity index (χ2n) is 8.13. The van der Waals surface area contributed by atoms with Gasteiger partial charge in [-0.05, 0) is 25.0 Å². The molecule has 9 heteroatoms. The Hall–Kier alpha value is -3.33. The molecule has 1 aromatic carbocycles. The summed E-state index contributed by atoms with van der Waals surface area (Å²) < 4.78 is 7.04. The lowest BCUT2D eigenvalue weighted by Gasteiger charge is -2.30. The quantitative estimate of drug-likeness (QED) is 0.446. The fourth-order valence-corrected chi connectivity index (χ4v) is 4.95. The van der Waals surface area contributed by atoms with Gasteiger partial charge in [0, 0.05) is 24.1 Å². The first kappa shape index (κ1) is 20.6. The van der Waals surface area contributed by atoms with Gasteiger partial charge in [-0.2, -0.15) is 10.1 Å². The molecular formula is C23H24N6O2S. The van der Waals surface area contributed by atoms with Crippen LogP contribution in [0.25, 0.3) is 16.3 Å². The molecule has 0 saturated heterocycles. The molecule has 0 bridgehead atoms. The summed E-state index contributed by atoms with van der Waals surface area (Å²) in [7, 11) is 0. The van der Waals surface area contributed by atoms with Crippen molar-refractivity contribution in [1.82, 2.24) is 30.2 Å². The van der Waals surface area contributed by atoms with Gasteiger partial charge in [-0.25, -0.2) is 9.67 Å². The molecule has 1 N–H and O–H groups in total. The van der Waals surface area contributed by atoms with Crippen LogP contribution < -0.4 is 5.32 Å². The van der Waals surface area contributed by atoms with E-state index in [1.165, 1.54) is 11.3 Å². The lowest BCUT2D eigenvalue weighted by Crippen LogP contribution is -2.46. The highest BCUT2D eigenvalue weighted by Crippen LogP contribution is 2.35. The fraction of sp³-hybridized carbons (Fsp3) is 0.348. The van der Waals surface area contributed by atoms with E-state index in [1.807, 2.05) is 36.5 Å². The Balaban J connectivity index is 1.38. The molecule has 8 nitrogen and oxygen atoms in total. The summed E-state index contributed by atoms with van der Waals surface area (Å²) in [6, 6.07) is 9.89.